The Bertz CT molecular complexity index is 1010. The fourth-order valence-corrected chi connectivity index (χ4v) is 4.51. The maximum absolute atomic E-state index is 10.5. The first-order valence-electron chi connectivity index (χ1n) is 10.4. The van der Waals surface area contributed by atoms with Crippen LogP contribution in [0.2, 0.25) is 0 Å². The molecule has 1 unspecified atom stereocenters. The van der Waals surface area contributed by atoms with E-state index in [2.05, 4.69) is 54.7 Å². The number of aryl methyl sites for hydroxylation is 1. The van der Waals surface area contributed by atoms with Gasteiger partial charge in [-0.2, -0.15) is 0 Å². The minimum atomic E-state index is 0.120. The molecule has 2 aliphatic carbocycles. The molecule has 3 heteroatoms. The first-order valence-corrected chi connectivity index (χ1v) is 10.4. The number of hydrogen-bond donors (Lipinski definition) is 2. The first-order chi connectivity index (χ1) is 14.2. The van der Waals surface area contributed by atoms with Crippen molar-refractivity contribution in [1.29, 1.82) is 0 Å². The third kappa shape index (κ3) is 4.10. The number of rotatable bonds is 1. The molecule has 5 rings (SSSR count). The zero-order valence-electron chi connectivity index (χ0n) is 16.9. The second-order valence-electron chi connectivity index (χ2n) is 7.89. The van der Waals surface area contributed by atoms with Crippen molar-refractivity contribution in [2.24, 2.45) is 11.7 Å². The average Bonchev–Trinajstić information content (AvgIpc) is 3.01. The summed E-state index contributed by atoms with van der Waals surface area (Å²) < 4.78 is 0. The molecule has 3 nitrogen and oxygen atoms in total. The van der Waals surface area contributed by atoms with E-state index in [-0.39, 0.29) is 5.78 Å². The Labute approximate surface area is 173 Å². The number of nitrogens with two attached hydrogens (primary N) is 1. The Morgan fingerprint density at radius 3 is 2.69 bits per heavy atom. The summed E-state index contributed by atoms with van der Waals surface area (Å²) >= 11 is 0. The normalized spacial score (nSPS) is 18.9. The molecule has 0 aromatic heterocycles. The van der Waals surface area contributed by atoms with Gasteiger partial charge in [-0.1, -0.05) is 48.6 Å². The van der Waals surface area contributed by atoms with E-state index in [1.165, 1.54) is 34.2 Å². The molecule has 1 aliphatic heterocycles. The molecular weight excluding hydrogens is 356 g/mol. The predicted octanol–water partition coefficient (Wildman–Crippen LogP) is 4.22. The molecule has 2 aromatic carbocycles. The molecule has 3 aliphatic rings. The second kappa shape index (κ2) is 8.62. The third-order valence-corrected chi connectivity index (χ3v) is 5.95. The molecule has 1 atom stereocenters. The molecule has 0 spiro atoms. The van der Waals surface area contributed by atoms with Gasteiger partial charge in [-0.3, -0.25) is 4.79 Å². The lowest BCUT2D eigenvalue weighted by molar-refractivity contribution is -0.113. The van der Waals surface area contributed by atoms with Gasteiger partial charge in [0.25, 0.3) is 0 Å². The van der Waals surface area contributed by atoms with Gasteiger partial charge in [0.1, 0.15) is 0 Å². The molecule has 0 radical (unpaired) electrons. The summed E-state index contributed by atoms with van der Waals surface area (Å²) in [5.41, 5.74) is 16.3. The van der Waals surface area contributed by atoms with Crippen molar-refractivity contribution in [3.05, 3.63) is 89.2 Å². The van der Waals surface area contributed by atoms with Crippen molar-refractivity contribution in [1.82, 2.24) is 5.32 Å². The Hall–Kier alpha value is -2.91. The number of carbonyl (C=O) groups is 1. The molecule has 1 heterocycles. The van der Waals surface area contributed by atoms with Crippen LogP contribution >= 0.6 is 0 Å². The molecule has 29 heavy (non-hydrogen) atoms. The van der Waals surface area contributed by atoms with E-state index in [9.17, 15) is 4.79 Å². The summed E-state index contributed by atoms with van der Waals surface area (Å²) in [7, 11) is 0. The van der Waals surface area contributed by atoms with Crippen LogP contribution in [0, 0.1) is 5.92 Å². The number of ketones is 1. The van der Waals surface area contributed by atoms with Crippen molar-refractivity contribution in [3.63, 3.8) is 0 Å². The van der Waals surface area contributed by atoms with Gasteiger partial charge in [0, 0.05) is 0 Å². The smallest absolute Gasteiger partial charge is 0.174 e. The summed E-state index contributed by atoms with van der Waals surface area (Å²) in [5.74, 6) is 0.621. The van der Waals surface area contributed by atoms with Crippen LogP contribution in [0.15, 0.2) is 66.9 Å². The van der Waals surface area contributed by atoms with E-state index < -0.39 is 0 Å². The van der Waals surface area contributed by atoms with Crippen LogP contribution in [0.3, 0.4) is 0 Å². The molecule has 148 valence electrons. The van der Waals surface area contributed by atoms with Gasteiger partial charge in [0.05, 0.1) is 6.54 Å². The number of benzene rings is 2. The fourth-order valence-electron chi connectivity index (χ4n) is 4.51. The molecule has 3 N–H and O–H groups in total. The number of hydrogen-bond acceptors (Lipinski definition) is 3. The Balaban J connectivity index is 0.000000216. The lowest BCUT2D eigenvalue weighted by atomic mass is 9.76. The van der Waals surface area contributed by atoms with Gasteiger partial charge in [-0.05, 0) is 96.0 Å². The van der Waals surface area contributed by atoms with Crippen molar-refractivity contribution < 1.29 is 4.79 Å². The van der Waals surface area contributed by atoms with Gasteiger partial charge in [-0.25, -0.2) is 0 Å². The summed E-state index contributed by atoms with van der Waals surface area (Å²) in [6.07, 6.45) is 12.6. The van der Waals surface area contributed by atoms with Crippen molar-refractivity contribution in [2.75, 3.05) is 13.1 Å². The van der Waals surface area contributed by atoms with Gasteiger partial charge >= 0.3 is 0 Å². The van der Waals surface area contributed by atoms with Gasteiger partial charge in [0.15, 0.2) is 5.78 Å². The molecule has 0 fully saturated rings. The van der Waals surface area contributed by atoms with E-state index in [1.807, 2.05) is 0 Å². The minimum Gasteiger partial charge on any atom is -0.383 e. The van der Waals surface area contributed by atoms with E-state index >= 15 is 0 Å². The highest BCUT2D eigenvalue weighted by atomic mass is 16.1. The van der Waals surface area contributed by atoms with Crippen molar-refractivity contribution in [3.8, 4) is 11.1 Å². The van der Waals surface area contributed by atoms with E-state index in [0.717, 1.165) is 19.4 Å². The number of carbonyl (C=O) groups excluding carboxylic acids is 1. The average molecular weight is 385 g/mol. The zero-order chi connectivity index (χ0) is 20.2. The van der Waals surface area contributed by atoms with Gasteiger partial charge < -0.3 is 11.1 Å². The number of fused-ring (bicyclic) bond motifs is 5. The first kappa shape index (κ1) is 19.4. The maximum atomic E-state index is 10.5. The lowest BCUT2D eigenvalue weighted by Gasteiger charge is -2.29. The monoisotopic (exact) mass is 384 g/mol. The Kier molecular flexibility index (Phi) is 5.77. The van der Waals surface area contributed by atoms with Crippen LogP contribution in [0.4, 0.5) is 0 Å². The number of nitrogens with one attached hydrogen (secondary N) is 1. The van der Waals surface area contributed by atoms with E-state index in [4.69, 9.17) is 5.73 Å². The summed E-state index contributed by atoms with van der Waals surface area (Å²) in [5, 5.41) is 2.80. The van der Waals surface area contributed by atoms with Crippen LogP contribution in [0.5, 0.6) is 0 Å². The van der Waals surface area contributed by atoms with Crippen LogP contribution in [-0.4, -0.2) is 18.9 Å². The topological polar surface area (TPSA) is 55.1 Å². The minimum absolute atomic E-state index is 0.120. The largest absolute Gasteiger partial charge is 0.383 e. The van der Waals surface area contributed by atoms with Crippen LogP contribution < -0.4 is 11.1 Å². The molecule has 0 saturated heterocycles. The highest BCUT2D eigenvalue weighted by Crippen LogP contribution is 2.40. The van der Waals surface area contributed by atoms with Crippen molar-refractivity contribution >= 4 is 11.4 Å². The highest BCUT2D eigenvalue weighted by Gasteiger charge is 2.24. The standard InChI is InChI=1S/C20H21N.C6H7NO/c1-13-10-14(12-21)11-20-16(13)8-9-18-17-5-3-2-4-15(17)6-7-19(18)20;8-6-3-1-2-4-7-5-6/h2-5,8-10,14H,6-7,11-12,21H2,1H3;1-4,7H,5H2. The van der Waals surface area contributed by atoms with Crippen LogP contribution in [0.1, 0.15) is 29.2 Å². The fraction of sp³-hybridized carbons (Fsp3) is 0.269. The van der Waals surface area contributed by atoms with E-state index in [0.29, 0.717) is 12.5 Å². The summed E-state index contributed by atoms with van der Waals surface area (Å²) in [6.45, 7) is 3.40. The van der Waals surface area contributed by atoms with Crippen molar-refractivity contribution in [2.45, 2.75) is 26.2 Å². The Morgan fingerprint density at radius 1 is 1.00 bits per heavy atom. The molecule has 0 saturated carbocycles. The quantitative estimate of drug-likeness (QED) is 0.774. The highest BCUT2D eigenvalue weighted by molar-refractivity contribution is 5.92. The van der Waals surface area contributed by atoms with Crippen LogP contribution in [0.25, 0.3) is 16.7 Å². The predicted molar refractivity (Wildman–Crippen MR) is 120 cm³/mol. The lowest BCUT2D eigenvalue weighted by Crippen LogP contribution is -2.21. The zero-order valence-corrected chi connectivity index (χ0v) is 16.9. The summed E-state index contributed by atoms with van der Waals surface area (Å²) in [6, 6.07) is 13.5. The van der Waals surface area contributed by atoms with E-state index in [1.54, 1.807) is 35.6 Å². The molecule has 0 bridgehead atoms. The second-order valence-corrected chi connectivity index (χ2v) is 7.89. The molecule has 0 amide bonds. The number of allylic oxidation sites excluding steroid dienone is 3. The third-order valence-electron chi connectivity index (χ3n) is 5.95. The van der Waals surface area contributed by atoms with Gasteiger partial charge in [0.2, 0.25) is 0 Å². The molecular formula is C26H28N2O. The SMILES string of the molecule is CC1=CC(CN)Cc2c1ccc1c2CCc2ccccc2-1.O=C1C=CC=CNC1. The van der Waals surface area contributed by atoms with Gasteiger partial charge in [-0.15, -0.1) is 0 Å². The van der Waals surface area contributed by atoms with Crippen LogP contribution in [-0.2, 0) is 24.1 Å². The molecule has 2 aromatic rings. The maximum Gasteiger partial charge on any atom is 0.174 e. The Morgan fingerprint density at radius 2 is 1.83 bits per heavy atom. The summed E-state index contributed by atoms with van der Waals surface area (Å²) in [4.78, 5) is 10.5.